The van der Waals surface area contributed by atoms with Gasteiger partial charge in [-0.15, -0.1) is 0 Å². The number of aryl methyl sites for hydroxylation is 1. The first-order valence-electron chi connectivity index (χ1n) is 5.04. The number of aromatic nitrogens is 1. The van der Waals surface area contributed by atoms with Crippen molar-refractivity contribution in [2.24, 2.45) is 5.92 Å². The fourth-order valence-corrected chi connectivity index (χ4v) is 1.82. The number of carbonyl (C=O) groups is 2. The van der Waals surface area contributed by atoms with Gasteiger partial charge in [0.25, 0.3) is 0 Å². The SMILES string of the molecule is Cc1cc(N2CC(C(=O)O)CC2=O)ccn1. The molecule has 0 saturated carbocycles. The molecule has 0 bridgehead atoms. The van der Waals surface area contributed by atoms with E-state index in [9.17, 15) is 9.59 Å². The van der Waals surface area contributed by atoms with E-state index in [1.807, 2.05) is 6.92 Å². The lowest BCUT2D eigenvalue weighted by Crippen LogP contribution is -2.25. The summed E-state index contributed by atoms with van der Waals surface area (Å²) in [7, 11) is 0. The summed E-state index contributed by atoms with van der Waals surface area (Å²) in [5, 5.41) is 8.86. The topological polar surface area (TPSA) is 70.5 Å². The smallest absolute Gasteiger partial charge is 0.308 e. The van der Waals surface area contributed by atoms with Crippen LogP contribution in [0, 0.1) is 12.8 Å². The number of hydrogen-bond acceptors (Lipinski definition) is 3. The van der Waals surface area contributed by atoms with E-state index in [0.717, 1.165) is 11.4 Å². The number of pyridine rings is 1. The first kappa shape index (κ1) is 10.6. The Labute approximate surface area is 92.7 Å². The van der Waals surface area contributed by atoms with Gasteiger partial charge in [-0.1, -0.05) is 0 Å². The van der Waals surface area contributed by atoms with Crippen LogP contribution in [0.15, 0.2) is 18.3 Å². The molecule has 1 unspecified atom stereocenters. The maximum atomic E-state index is 11.6. The molecule has 5 nitrogen and oxygen atoms in total. The zero-order valence-electron chi connectivity index (χ0n) is 8.88. The van der Waals surface area contributed by atoms with Crippen LogP contribution in [0.25, 0.3) is 0 Å². The van der Waals surface area contributed by atoms with Gasteiger partial charge in [-0.2, -0.15) is 0 Å². The summed E-state index contributed by atoms with van der Waals surface area (Å²) in [6, 6.07) is 3.50. The van der Waals surface area contributed by atoms with E-state index in [4.69, 9.17) is 5.11 Å². The van der Waals surface area contributed by atoms with Crippen LogP contribution in [0.1, 0.15) is 12.1 Å². The summed E-state index contributed by atoms with van der Waals surface area (Å²) in [5.74, 6) is -1.65. The zero-order valence-corrected chi connectivity index (χ0v) is 8.88. The highest BCUT2D eigenvalue weighted by atomic mass is 16.4. The maximum absolute atomic E-state index is 11.6. The van der Waals surface area contributed by atoms with Gasteiger partial charge in [0.2, 0.25) is 5.91 Å². The third kappa shape index (κ3) is 1.88. The molecule has 84 valence electrons. The third-order valence-electron chi connectivity index (χ3n) is 2.67. The molecular weight excluding hydrogens is 208 g/mol. The molecule has 1 amide bonds. The summed E-state index contributed by atoms with van der Waals surface area (Å²) < 4.78 is 0. The molecule has 1 N–H and O–H groups in total. The van der Waals surface area contributed by atoms with Crippen molar-refractivity contribution in [2.45, 2.75) is 13.3 Å². The van der Waals surface area contributed by atoms with Crippen molar-refractivity contribution in [1.82, 2.24) is 4.98 Å². The molecule has 16 heavy (non-hydrogen) atoms. The van der Waals surface area contributed by atoms with Crippen molar-refractivity contribution < 1.29 is 14.7 Å². The monoisotopic (exact) mass is 220 g/mol. The second kappa shape index (κ2) is 3.92. The first-order valence-corrected chi connectivity index (χ1v) is 5.04. The number of carboxylic acid groups (broad SMARTS) is 1. The Morgan fingerprint density at radius 1 is 1.62 bits per heavy atom. The van der Waals surface area contributed by atoms with E-state index < -0.39 is 11.9 Å². The molecule has 1 aliphatic heterocycles. The average molecular weight is 220 g/mol. The summed E-state index contributed by atoms with van der Waals surface area (Å²) in [5.41, 5.74) is 1.53. The van der Waals surface area contributed by atoms with Crippen LogP contribution >= 0.6 is 0 Å². The third-order valence-corrected chi connectivity index (χ3v) is 2.67. The second-order valence-corrected chi connectivity index (χ2v) is 3.90. The summed E-state index contributed by atoms with van der Waals surface area (Å²) in [6.45, 7) is 2.08. The van der Waals surface area contributed by atoms with Crippen LogP contribution < -0.4 is 4.90 Å². The van der Waals surface area contributed by atoms with Crippen LogP contribution in [-0.4, -0.2) is 28.5 Å². The number of aliphatic carboxylic acids is 1. The van der Waals surface area contributed by atoms with Gasteiger partial charge in [-0.05, 0) is 19.1 Å². The lowest BCUT2D eigenvalue weighted by molar-refractivity contribution is -0.141. The van der Waals surface area contributed by atoms with Crippen molar-refractivity contribution in [3.05, 3.63) is 24.0 Å². The molecule has 1 aromatic rings. The van der Waals surface area contributed by atoms with Crippen LogP contribution in [-0.2, 0) is 9.59 Å². The molecule has 5 heteroatoms. The molecule has 0 aliphatic carbocycles. The highest BCUT2D eigenvalue weighted by Crippen LogP contribution is 2.25. The fourth-order valence-electron chi connectivity index (χ4n) is 1.82. The summed E-state index contributed by atoms with van der Waals surface area (Å²) in [6.07, 6.45) is 1.70. The Bertz CT molecular complexity index is 445. The maximum Gasteiger partial charge on any atom is 0.308 e. The van der Waals surface area contributed by atoms with Crippen LogP contribution in [0.5, 0.6) is 0 Å². The highest BCUT2D eigenvalue weighted by Gasteiger charge is 2.34. The molecule has 0 spiro atoms. The Balaban J connectivity index is 2.23. The van der Waals surface area contributed by atoms with Gasteiger partial charge in [0.05, 0.1) is 5.92 Å². The summed E-state index contributed by atoms with van der Waals surface area (Å²) >= 11 is 0. The van der Waals surface area contributed by atoms with Crippen LogP contribution in [0.4, 0.5) is 5.69 Å². The van der Waals surface area contributed by atoms with E-state index in [2.05, 4.69) is 4.98 Å². The predicted molar refractivity (Wildman–Crippen MR) is 57.1 cm³/mol. The molecule has 1 atom stereocenters. The lowest BCUT2D eigenvalue weighted by Gasteiger charge is -2.16. The number of anilines is 1. The number of nitrogens with zero attached hydrogens (tertiary/aromatic N) is 2. The van der Waals surface area contributed by atoms with Gasteiger partial charge in [-0.3, -0.25) is 14.6 Å². The zero-order chi connectivity index (χ0) is 11.7. The molecule has 2 rings (SSSR count). The Morgan fingerprint density at radius 2 is 2.38 bits per heavy atom. The van der Waals surface area contributed by atoms with Crippen LogP contribution in [0.2, 0.25) is 0 Å². The lowest BCUT2D eigenvalue weighted by atomic mass is 10.1. The van der Waals surface area contributed by atoms with E-state index in [1.165, 1.54) is 4.90 Å². The van der Waals surface area contributed by atoms with Crippen molar-refractivity contribution in [3.63, 3.8) is 0 Å². The van der Waals surface area contributed by atoms with E-state index in [0.29, 0.717) is 0 Å². The Morgan fingerprint density at radius 3 is 2.94 bits per heavy atom. The quantitative estimate of drug-likeness (QED) is 0.801. The number of amides is 1. The van der Waals surface area contributed by atoms with Crippen molar-refractivity contribution in [1.29, 1.82) is 0 Å². The molecular formula is C11H12N2O3. The standard InChI is InChI=1S/C11H12N2O3/c1-7-4-9(2-3-12-7)13-6-8(11(15)16)5-10(13)14/h2-4,8H,5-6H2,1H3,(H,15,16). The van der Waals surface area contributed by atoms with Crippen LogP contribution in [0.3, 0.4) is 0 Å². The minimum Gasteiger partial charge on any atom is -0.481 e. The van der Waals surface area contributed by atoms with E-state index >= 15 is 0 Å². The summed E-state index contributed by atoms with van der Waals surface area (Å²) in [4.78, 5) is 28.0. The molecule has 2 heterocycles. The predicted octanol–water partition coefficient (Wildman–Crippen LogP) is 0.828. The second-order valence-electron chi connectivity index (χ2n) is 3.90. The normalized spacial score (nSPS) is 20.2. The van der Waals surface area contributed by atoms with Gasteiger partial charge in [0.1, 0.15) is 0 Å². The van der Waals surface area contributed by atoms with E-state index in [1.54, 1.807) is 18.3 Å². The van der Waals surface area contributed by atoms with Gasteiger partial charge in [0, 0.05) is 30.5 Å². The van der Waals surface area contributed by atoms with Gasteiger partial charge >= 0.3 is 5.97 Å². The number of carbonyl (C=O) groups excluding carboxylic acids is 1. The molecule has 1 saturated heterocycles. The number of rotatable bonds is 2. The molecule has 1 aliphatic rings. The average Bonchev–Trinajstić information content (AvgIpc) is 2.60. The molecule has 0 radical (unpaired) electrons. The minimum absolute atomic E-state index is 0.0801. The van der Waals surface area contributed by atoms with Gasteiger partial charge < -0.3 is 10.0 Å². The van der Waals surface area contributed by atoms with Gasteiger partial charge in [0.15, 0.2) is 0 Å². The van der Waals surface area contributed by atoms with Crippen molar-refractivity contribution in [3.8, 4) is 0 Å². The fraction of sp³-hybridized carbons (Fsp3) is 0.364. The van der Waals surface area contributed by atoms with E-state index in [-0.39, 0.29) is 18.9 Å². The largest absolute Gasteiger partial charge is 0.481 e. The minimum atomic E-state index is -0.915. The Kier molecular flexibility index (Phi) is 2.60. The number of carboxylic acids is 1. The molecule has 1 aromatic heterocycles. The van der Waals surface area contributed by atoms with Crippen molar-refractivity contribution in [2.75, 3.05) is 11.4 Å². The molecule has 1 fully saturated rings. The first-order chi connectivity index (χ1) is 7.58. The Hall–Kier alpha value is -1.91. The number of hydrogen-bond donors (Lipinski definition) is 1. The highest BCUT2D eigenvalue weighted by molar-refractivity contribution is 5.99. The van der Waals surface area contributed by atoms with Crippen molar-refractivity contribution >= 4 is 17.6 Å². The molecule has 0 aromatic carbocycles. The van der Waals surface area contributed by atoms with Gasteiger partial charge in [-0.25, -0.2) is 0 Å².